The van der Waals surface area contributed by atoms with Crippen LogP contribution in [0.1, 0.15) is 17.5 Å². The SMILES string of the molecule is O=C(NCc1ccccc1)Nc1ccc(N2CCCN(Cc3ccc(F)c(F)c3)C2=O)cc1. The molecule has 1 heterocycles. The molecule has 33 heavy (non-hydrogen) atoms. The summed E-state index contributed by atoms with van der Waals surface area (Å²) in [6.07, 6.45) is 0.747. The van der Waals surface area contributed by atoms with Gasteiger partial charge in [0.25, 0.3) is 0 Å². The largest absolute Gasteiger partial charge is 0.334 e. The fraction of sp³-hybridized carbons (Fsp3) is 0.200. The zero-order chi connectivity index (χ0) is 23.2. The molecule has 1 aliphatic heterocycles. The number of nitrogens with zero attached hydrogens (tertiary/aromatic N) is 2. The highest BCUT2D eigenvalue weighted by Crippen LogP contribution is 2.23. The Balaban J connectivity index is 1.34. The summed E-state index contributed by atoms with van der Waals surface area (Å²) >= 11 is 0. The minimum atomic E-state index is -0.926. The molecule has 0 atom stereocenters. The minimum Gasteiger partial charge on any atom is -0.334 e. The smallest absolute Gasteiger partial charge is 0.324 e. The Morgan fingerprint density at radius 2 is 1.64 bits per heavy atom. The lowest BCUT2D eigenvalue weighted by atomic mass is 10.1. The minimum absolute atomic E-state index is 0.202. The highest BCUT2D eigenvalue weighted by atomic mass is 19.2. The van der Waals surface area contributed by atoms with E-state index in [0.29, 0.717) is 36.6 Å². The first-order valence-electron chi connectivity index (χ1n) is 10.7. The van der Waals surface area contributed by atoms with E-state index < -0.39 is 11.6 Å². The number of halogens is 2. The van der Waals surface area contributed by atoms with Crippen LogP contribution in [-0.2, 0) is 13.1 Å². The van der Waals surface area contributed by atoms with Gasteiger partial charge in [-0.3, -0.25) is 4.90 Å². The molecule has 3 aromatic carbocycles. The molecule has 170 valence electrons. The van der Waals surface area contributed by atoms with Crippen LogP contribution in [0.15, 0.2) is 72.8 Å². The van der Waals surface area contributed by atoms with Crippen LogP contribution in [0.5, 0.6) is 0 Å². The van der Waals surface area contributed by atoms with E-state index in [9.17, 15) is 18.4 Å². The monoisotopic (exact) mass is 450 g/mol. The van der Waals surface area contributed by atoms with Crippen molar-refractivity contribution in [3.63, 3.8) is 0 Å². The van der Waals surface area contributed by atoms with Crippen molar-refractivity contribution in [1.82, 2.24) is 10.2 Å². The van der Waals surface area contributed by atoms with Crippen molar-refractivity contribution in [2.45, 2.75) is 19.5 Å². The molecular weight excluding hydrogens is 426 g/mol. The number of benzene rings is 3. The van der Waals surface area contributed by atoms with E-state index in [-0.39, 0.29) is 18.6 Å². The number of nitrogens with one attached hydrogen (secondary N) is 2. The van der Waals surface area contributed by atoms with Crippen LogP contribution in [0.25, 0.3) is 0 Å². The number of urea groups is 2. The lowest BCUT2D eigenvalue weighted by Gasteiger charge is -2.35. The number of anilines is 2. The number of carbonyl (C=O) groups excluding carboxylic acids is 2. The van der Waals surface area contributed by atoms with Crippen LogP contribution in [0.4, 0.5) is 29.7 Å². The zero-order valence-corrected chi connectivity index (χ0v) is 17.9. The molecule has 4 rings (SSSR count). The van der Waals surface area contributed by atoms with Gasteiger partial charge >= 0.3 is 12.1 Å². The van der Waals surface area contributed by atoms with E-state index in [1.165, 1.54) is 6.07 Å². The van der Waals surface area contributed by atoms with Crippen molar-refractivity contribution in [3.8, 4) is 0 Å². The molecule has 1 saturated heterocycles. The van der Waals surface area contributed by atoms with Gasteiger partial charge in [0.2, 0.25) is 0 Å². The van der Waals surface area contributed by atoms with E-state index in [0.717, 1.165) is 24.1 Å². The van der Waals surface area contributed by atoms with Gasteiger partial charge in [0.05, 0.1) is 0 Å². The molecule has 4 amide bonds. The number of hydrogen-bond donors (Lipinski definition) is 2. The van der Waals surface area contributed by atoms with Gasteiger partial charge in [-0.25, -0.2) is 18.4 Å². The molecule has 1 aliphatic rings. The molecule has 0 spiro atoms. The average Bonchev–Trinajstić information content (AvgIpc) is 2.83. The predicted molar refractivity (Wildman–Crippen MR) is 123 cm³/mol. The second kappa shape index (κ2) is 10.1. The molecule has 3 aromatic rings. The molecule has 0 saturated carbocycles. The van der Waals surface area contributed by atoms with E-state index in [2.05, 4.69) is 10.6 Å². The Bertz CT molecular complexity index is 1120. The van der Waals surface area contributed by atoms with Crippen molar-refractivity contribution in [2.75, 3.05) is 23.3 Å². The van der Waals surface area contributed by atoms with E-state index >= 15 is 0 Å². The topological polar surface area (TPSA) is 64.7 Å². The van der Waals surface area contributed by atoms with Gasteiger partial charge in [0, 0.05) is 37.6 Å². The standard InChI is InChI=1S/C25H24F2N4O2/c26-22-12-7-19(15-23(22)27)17-30-13-4-14-31(25(30)33)21-10-8-20(9-11-21)29-24(32)28-16-18-5-2-1-3-6-18/h1-3,5-12,15H,4,13-14,16-17H2,(H2,28,29,32). The van der Waals surface area contributed by atoms with Crippen LogP contribution in [0.2, 0.25) is 0 Å². The summed E-state index contributed by atoms with van der Waals surface area (Å²) in [4.78, 5) is 28.4. The Kier molecular flexibility index (Phi) is 6.83. The maximum absolute atomic E-state index is 13.5. The molecule has 0 aromatic heterocycles. The van der Waals surface area contributed by atoms with Gasteiger partial charge in [-0.05, 0) is 53.9 Å². The van der Waals surface area contributed by atoms with Crippen LogP contribution >= 0.6 is 0 Å². The highest BCUT2D eigenvalue weighted by molar-refractivity contribution is 5.94. The zero-order valence-electron chi connectivity index (χ0n) is 17.9. The number of hydrogen-bond acceptors (Lipinski definition) is 2. The molecular formula is C25H24F2N4O2. The normalized spacial score (nSPS) is 13.7. The Morgan fingerprint density at radius 3 is 2.36 bits per heavy atom. The Morgan fingerprint density at radius 1 is 0.879 bits per heavy atom. The third-order valence-corrected chi connectivity index (χ3v) is 5.40. The quantitative estimate of drug-likeness (QED) is 0.548. The number of amides is 4. The average molecular weight is 450 g/mol. The first-order chi connectivity index (χ1) is 16.0. The molecule has 0 bridgehead atoms. The van der Waals surface area contributed by atoms with Crippen LogP contribution in [0, 0.1) is 11.6 Å². The van der Waals surface area contributed by atoms with Crippen LogP contribution < -0.4 is 15.5 Å². The molecule has 0 unspecified atom stereocenters. The molecule has 8 heteroatoms. The van der Waals surface area contributed by atoms with E-state index in [4.69, 9.17) is 0 Å². The van der Waals surface area contributed by atoms with Crippen LogP contribution in [0.3, 0.4) is 0 Å². The van der Waals surface area contributed by atoms with Gasteiger partial charge in [-0.1, -0.05) is 36.4 Å². The summed E-state index contributed by atoms with van der Waals surface area (Å²) in [5.74, 6) is -1.84. The molecule has 6 nitrogen and oxygen atoms in total. The summed E-state index contributed by atoms with van der Waals surface area (Å²) < 4.78 is 26.7. The maximum atomic E-state index is 13.5. The summed E-state index contributed by atoms with van der Waals surface area (Å²) in [6.45, 7) is 1.71. The fourth-order valence-electron chi connectivity index (χ4n) is 3.70. The van der Waals surface area contributed by atoms with Crippen molar-refractivity contribution >= 4 is 23.4 Å². The second-order valence-corrected chi connectivity index (χ2v) is 7.80. The van der Waals surface area contributed by atoms with Gasteiger partial charge in [0.15, 0.2) is 11.6 Å². The first-order valence-corrected chi connectivity index (χ1v) is 10.7. The van der Waals surface area contributed by atoms with Gasteiger partial charge < -0.3 is 15.5 Å². The summed E-state index contributed by atoms with van der Waals surface area (Å²) in [5.41, 5.74) is 2.84. The van der Waals surface area contributed by atoms with E-state index in [1.807, 2.05) is 30.3 Å². The van der Waals surface area contributed by atoms with E-state index in [1.54, 1.807) is 34.1 Å². The van der Waals surface area contributed by atoms with Crippen molar-refractivity contribution in [1.29, 1.82) is 0 Å². The Labute approximate surface area is 190 Å². The third-order valence-electron chi connectivity index (χ3n) is 5.40. The van der Waals surface area contributed by atoms with Crippen molar-refractivity contribution in [2.24, 2.45) is 0 Å². The summed E-state index contributed by atoms with van der Waals surface area (Å²) in [7, 11) is 0. The molecule has 0 aliphatic carbocycles. The summed E-state index contributed by atoms with van der Waals surface area (Å²) in [5, 5.41) is 5.57. The number of carbonyl (C=O) groups is 2. The molecule has 2 N–H and O–H groups in total. The Hall–Kier alpha value is -3.94. The first kappa shape index (κ1) is 22.3. The van der Waals surface area contributed by atoms with Crippen molar-refractivity contribution < 1.29 is 18.4 Å². The second-order valence-electron chi connectivity index (χ2n) is 7.80. The van der Waals surface area contributed by atoms with Gasteiger partial charge in [-0.2, -0.15) is 0 Å². The van der Waals surface area contributed by atoms with Crippen LogP contribution in [-0.4, -0.2) is 30.1 Å². The molecule has 1 fully saturated rings. The number of rotatable bonds is 6. The van der Waals surface area contributed by atoms with Crippen molar-refractivity contribution in [3.05, 3.63) is 95.6 Å². The summed E-state index contributed by atoms with van der Waals surface area (Å²) in [6, 6.07) is 19.8. The van der Waals surface area contributed by atoms with Gasteiger partial charge in [0.1, 0.15) is 0 Å². The lowest BCUT2D eigenvalue weighted by molar-refractivity contribution is 0.192. The van der Waals surface area contributed by atoms with Gasteiger partial charge in [-0.15, -0.1) is 0 Å². The lowest BCUT2D eigenvalue weighted by Crippen LogP contribution is -2.49. The highest BCUT2D eigenvalue weighted by Gasteiger charge is 2.27. The molecule has 0 radical (unpaired) electrons. The third kappa shape index (κ3) is 5.65. The predicted octanol–water partition coefficient (Wildman–Crippen LogP) is 5.12. The fourth-order valence-corrected chi connectivity index (χ4v) is 3.70. The maximum Gasteiger partial charge on any atom is 0.324 e.